The molecule has 0 fully saturated rings. The van der Waals surface area contributed by atoms with E-state index < -0.39 is 23.3 Å². The summed E-state index contributed by atoms with van der Waals surface area (Å²) in [4.78, 5) is -0.161. The summed E-state index contributed by atoms with van der Waals surface area (Å²) in [6.07, 6.45) is 0. The van der Waals surface area contributed by atoms with Gasteiger partial charge in [-0.3, -0.25) is 0 Å². The number of thiophene rings is 2. The normalized spacial score (nSPS) is 13.8. The van der Waals surface area contributed by atoms with Gasteiger partial charge in [-0.05, 0) is 35.0 Å². The minimum Gasteiger partial charge on any atom is -0.202 e. The van der Waals surface area contributed by atoms with Gasteiger partial charge in [-0.1, -0.05) is 36.4 Å². The highest BCUT2D eigenvalue weighted by molar-refractivity contribution is 7.20. The predicted molar refractivity (Wildman–Crippen MR) is 102 cm³/mol. The first kappa shape index (κ1) is 17.0. The van der Waals surface area contributed by atoms with E-state index in [1.807, 2.05) is 0 Å². The van der Waals surface area contributed by atoms with E-state index in [0.29, 0.717) is 10.8 Å². The van der Waals surface area contributed by atoms with Gasteiger partial charge < -0.3 is 0 Å². The lowest BCUT2D eigenvalue weighted by atomic mass is 10.2. The van der Waals surface area contributed by atoms with Gasteiger partial charge in [0.05, 0.1) is 9.75 Å². The number of hydrogen-bond donors (Lipinski definition) is 0. The Labute approximate surface area is 154 Å². The third-order valence-corrected chi connectivity index (χ3v) is 6.08. The lowest BCUT2D eigenvalue weighted by molar-refractivity contribution is 0.520. The summed E-state index contributed by atoms with van der Waals surface area (Å²) >= 11 is 1.96. The number of allylic oxidation sites excluding steroid dienone is 2. The fourth-order valence-electron chi connectivity index (χ4n) is 2.59. The SMILES string of the molecule is FC(/C(F)=C(\F)c1cc2ccccc2s1)=C(/F)c1cc2ccccc2s1. The lowest BCUT2D eigenvalue weighted by Crippen LogP contribution is -1.84. The highest BCUT2D eigenvalue weighted by Gasteiger charge is 2.22. The van der Waals surface area contributed by atoms with Gasteiger partial charge in [-0.15, -0.1) is 22.7 Å². The third-order valence-electron chi connectivity index (χ3n) is 3.86. The maximum atomic E-state index is 14.4. The van der Waals surface area contributed by atoms with E-state index in [1.54, 1.807) is 48.5 Å². The Bertz CT molecular complexity index is 1020. The first-order valence-electron chi connectivity index (χ1n) is 7.63. The molecule has 0 spiro atoms. The summed E-state index contributed by atoms with van der Waals surface area (Å²) in [7, 11) is 0. The Morgan fingerprint density at radius 3 is 1.35 bits per heavy atom. The first-order valence-corrected chi connectivity index (χ1v) is 9.26. The van der Waals surface area contributed by atoms with Crippen LogP contribution < -0.4 is 0 Å². The summed E-state index contributed by atoms with van der Waals surface area (Å²) in [5, 5.41) is 1.43. The molecule has 4 aromatic rings. The molecule has 0 radical (unpaired) electrons. The summed E-state index contributed by atoms with van der Waals surface area (Å²) in [5.74, 6) is -6.46. The molecule has 0 aliphatic heterocycles. The third kappa shape index (κ3) is 2.95. The largest absolute Gasteiger partial charge is 0.202 e. The standard InChI is InChI=1S/C20H10F4S2/c21-17(15-9-11-5-1-3-7-13(11)25-15)19(23)20(24)18(22)16-10-12-6-2-4-8-14(12)26-16/h1-10H/b19-17+,20-18+. The molecular weight excluding hydrogens is 380 g/mol. The monoisotopic (exact) mass is 390 g/mol. The minimum atomic E-state index is -1.83. The second-order valence-electron chi connectivity index (χ2n) is 5.55. The van der Waals surface area contributed by atoms with E-state index in [1.165, 1.54) is 12.1 Å². The van der Waals surface area contributed by atoms with Crippen molar-refractivity contribution in [2.24, 2.45) is 0 Å². The number of halogens is 4. The molecule has 26 heavy (non-hydrogen) atoms. The van der Waals surface area contributed by atoms with Crippen LogP contribution in [0, 0.1) is 0 Å². The van der Waals surface area contributed by atoms with Crippen molar-refractivity contribution >= 4 is 54.5 Å². The van der Waals surface area contributed by atoms with Gasteiger partial charge in [0, 0.05) is 9.40 Å². The van der Waals surface area contributed by atoms with Gasteiger partial charge in [-0.25, -0.2) is 17.6 Å². The maximum Gasteiger partial charge on any atom is 0.198 e. The molecule has 0 atom stereocenters. The zero-order valence-electron chi connectivity index (χ0n) is 13.1. The van der Waals surface area contributed by atoms with Crippen LogP contribution in [0.15, 0.2) is 72.3 Å². The van der Waals surface area contributed by atoms with Crippen LogP contribution in [0.4, 0.5) is 17.6 Å². The van der Waals surface area contributed by atoms with Gasteiger partial charge in [0.25, 0.3) is 0 Å². The Kier molecular flexibility index (Phi) is 4.38. The van der Waals surface area contributed by atoms with Crippen LogP contribution in [-0.2, 0) is 0 Å². The van der Waals surface area contributed by atoms with E-state index in [9.17, 15) is 17.6 Å². The highest BCUT2D eigenvalue weighted by atomic mass is 32.1. The smallest absolute Gasteiger partial charge is 0.198 e. The fraction of sp³-hybridized carbons (Fsp3) is 0. The van der Waals surface area contributed by atoms with E-state index in [-0.39, 0.29) is 9.75 Å². The average Bonchev–Trinajstić information content (AvgIpc) is 3.29. The quantitative estimate of drug-likeness (QED) is 0.245. The summed E-state index contributed by atoms with van der Waals surface area (Å²) in [5.41, 5.74) is 0. The van der Waals surface area contributed by atoms with E-state index in [0.717, 1.165) is 32.1 Å². The fourth-order valence-corrected chi connectivity index (χ4v) is 4.58. The van der Waals surface area contributed by atoms with E-state index >= 15 is 0 Å². The summed E-state index contributed by atoms with van der Waals surface area (Å²) in [6.45, 7) is 0. The Morgan fingerprint density at radius 2 is 0.962 bits per heavy atom. The second-order valence-corrected chi connectivity index (χ2v) is 7.72. The molecule has 0 nitrogen and oxygen atoms in total. The number of fused-ring (bicyclic) bond motifs is 2. The molecule has 0 unspecified atom stereocenters. The highest BCUT2D eigenvalue weighted by Crippen LogP contribution is 2.39. The van der Waals surface area contributed by atoms with Crippen LogP contribution in [0.5, 0.6) is 0 Å². The van der Waals surface area contributed by atoms with Crippen molar-refractivity contribution in [3.8, 4) is 0 Å². The van der Waals surface area contributed by atoms with Crippen molar-refractivity contribution < 1.29 is 17.6 Å². The topological polar surface area (TPSA) is 0 Å². The molecule has 0 amide bonds. The van der Waals surface area contributed by atoms with E-state index in [2.05, 4.69) is 0 Å². The lowest BCUT2D eigenvalue weighted by Gasteiger charge is -1.99. The number of hydrogen-bond acceptors (Lipinski definition) is 2. The molecule has 4 rings (SSSR count). The summed E-state index contributed by atoms with van der Waals surface area (Å²) in [6, 6.07) is 16.9. The molecular formula is C20H10F4S2. The van der Waals surface area contributed by atoms with Crippen LogP contribution in [0.25, 0.3) is 31.8 Å². The van der Waals surface area contributed by atoms with Crippen molar-refractivity contribution in [2.45, 2.75) is 0 Å². The van der Waals surface area contributed by atoms with Gasteiger partial charge in [0.15, 0.2) is 23.3 Å². The van der Waals surface area contributed by atoms with Crippen LogP contribution in [0.2, 0.25) is 0 Å². The first-order chi connectivity index (χ1) is 12.5. The summed E-state index contributed by atoms with van der Waals surface area (Å²) < 4.78 is 58.7. The van der Waals surface area contributed by atoms with Crippen molar-refractivity contribution in [3.05, 3.63) is 82.1 Å². The van der Waals surface area contributed by atoms with Crippen molar-refractivity contribution in [2.75, 3.05) is 0 Å². The molecule has 0 saturated heterocycles. The molecule has 2 aromatic carbocycles. The minimum absolute atomic E-state index is 0.0806. The van der Waals surface area contributed by atoms with Gasteiger partial charge >= 0.3 is 0 Å². The molecule has 0 aliphatic rings. The average molecular weight is 390 g/mol. The van der Waals surface area contributed by atoms with Crippen LogP contribution >= 0.6 is 22.7 Å². The van der Waals surface area contributed by atoms with Crippen LogP contribution in [-0.4, -0.2) is 0 Å². The zero-order chi connectivity index (χ0) is 18.3. The zero-order valence-corrected chi connectivity index (χ0v) is 14.7. The van der Waals surface area contributed by atoms with Crippen molar-refractivity contribution in [1.82, 2.24) is 0 Å². The molecule has 2 heterocycles. The molecule has 2 aromatic heterocycles. The molecule has 0 bridgehead atoms. The van der Waals surface area contributed by atoms with Crippen molar-refractivity contribution in [3.63, 3.8) is 0 Å². The Hall–Kier alpha value is -2.44. The van der Waals surface area contributed by atoms with Crippen LogP contribution in [0.3, 0.4) is 0 Å². The molecule has 0 N–H and O–H groups in total. The predicted octanol–water partition coefficient (Wildman–Crippen LogP) is 8.03. The molecule has 0 aliphatic carbocycles. The molecule has 6 heteroatoms. The van der Waals surface area contributed by atoms with E-state index in [4.69, 9.17) is 0 Å². The maximum absolute atomic E-state index is 14.4. The number of rotatable bonds is 3. The van der Waals surface area contributed by atoms with Crippen LogP contribution in [0.1, 0.15) is 9.75 Å². The van der Waals surface area contributed by atoms with Gasteiger partial charge in [-0.2, -0.15) is 0 Å². The molecule has 130 valence electrons. The van der Waals surface area contributed by atoms with Gasteiger partial charge in [0.2, 0.25) is 0 Å². The van der Waals surface area contributed by atoms with Gasteiger partial charge in [0.1, 0.15) is 0 Å². The number of benzene rings is 2. The Balaban J connectivity index is 1.77. The second kappa shape index (κ2) is 6.70. The molecule has 0 saturated carbocycles. The Morgan fingerprint density at radius 1 is 0.577 bits per heavy atom. The van der Waals surface area contributed by atoms with Crippen molar-refractivity contribution in [1.29, 1.82) is 0 Å².